The fourth-order valence-electron chi connectivity index (χ4n) is 2.06. The van der Waals surface area contributed by atoms with Crippen molar-refractivity contribution < 1.29 is 5.11 Å². The fraction of sp³-hybridized carbons (Fsp3) is 0.529. The van der Waals surface area contributed by atoms with Gasteiger partial charge in [-0.05, 0) is 31.4 Å². The fourth-order valence-corrected chi connectivity index (χ4v) is 2.06. The van der Waals surface area contributed by atoms with Gasteiger partial charge in [-0.2, -0.15) is 0 Å². The molecule has 0 aromatic heterocycles. The zero-order valence-electron chi connectivity index (χ0n) is 11.9. The highest BCUT2D eigenvalue weighted by Crippen LogP contribution is 2.16. The summed E-state index contributed by atoms with van der Waals surface area (Å²) >= 11 is 0. The average Bonchev–Trinajstić information content (AvgIpc) is 2.35. The summed E-state index contributed by atoms with van der Waals surface area (Å²) in [5.41, 5.74) is 3.64. The SMILES string of the molecule is CCCCCC[C@H](O)/C=C(\C)c1ccc(C)cc1. The smallest absolute Gasteiger partial charge is 0.0726 e. The zero-order valence-corrected chi connectivity index (χ0v) is 11.9. The van der Waals surface area contributed by atoms with Crippen LogP contribution in [0.2, 0.25) is 0 Å². The largest absolute Gasteiger partial charge is 0.389 e. The van der Waals surface area contributed by atoms with Crippen LogP contribution in [0.4, 0.5) is 0 Å². The molecule has 0 saturated carbocycles. The molecule has 1 rings (SSSR count). The molecule has 0 unspecified atom stereocenters. The first kappa shape index (κ1) is 15.0. The van der Waals surface area contributed by atoms with Gasteiger partial charge >= 0.3 is 0 Å². The summed E-state index contributed by atoms with van der Waals surface area (Å²) in [6.45, 7) is 6.36. The second-order valence-corrected chi connectivity index (χ2v) is 5.13. The molecule has 0 spiro atoms. The van der Waals surface area contributed by atoms with Crippen molar-refractivity contribution in [2.24, 2.45) is 0 Å². The zero-order chi connectivity index (χ0) is 13.4. The third-order valence-electron chi connectivity index (χ3n) is 3.30. The van der Waals surface area contributed by atoms with Crippen molar-refractivity contribution in [1.82, 2.24) is 0 Å². The Morgan fingerprint density at radius 2 is 1.83 bits per heavy atom. The van der Waals surface area contributed by atoms with Gasteiger partial charge in [-0.15, -0.1) is 0 Å². The van der Waals surface area contributed by atoms with Gasteiger partial charge in [0.1, 0.15) is 0 Å². The highest BCUT2D eigenvalue weighted by Gasteiger charge is 2.02. The van der Waals surface area contributed by atoms with E-state index >= 15 is 0 Å². The minimum atomic E-state index is -0.303. The maximum absolute atomic E-state index is 9.96. The molecular formula is C17H26O. The van der Waals surface area contributed by atoms with Crippen LogP contribution in [-0.4, -0.2) is 11.2 Å². The normalized spacial score (nSPS) is 13.7. The highest BCUT2D eigenvalue weighted by molar-refractivity contribution is 5.64. The summed E-state index contributed by atoms with van der Waals surface area (Å²) in [5.74, 6) is 0. The quantitative estimate of drug-likeness (QED) is 0.690. The maximum atomic E-state index is 9.96. The van der Waals surface area contributed by atoms with Crippen LogP contribution in [0.15, 0.2) is 30.3 Å². The summed E-state index contributed by atoms with van der Waals surface area (Å²) in [4.78, 5) is 0. The van der Waals surface area contributed by atoms with Crippen LogP contribution in [0.25, 0.3) is 5.57 Å². The van der Waals surface area contributed by atoms with Crippen LogP contribution >= 0.6 is 0 Å². The molecule has 18 heavy (non-hydrogen) atoms. The lowest BCUT2D eigenvalue weighted by Crippen LogP contribution is -2.02. The van der Waals surface area contributed by atoms with Crippen molar-refractivity contribution in [3.8, 4) is 0 Å². The van der Waals surface area contributed by atoms with E-state index < -0.39 is 0 Å². The number of allylic oxidation sites excluding steroid dienone is 1. The Morgan fingerprint density at radius 1 is 1.17 bits per heavy atom. The Morgan fingerprint density at radius 3 is 2.44 bits per heavy atom. The molecule has 0 amide bonds. The third-order valence-corrected chi connectivity index (χ3v) is 3.30. The highest BCUT2D eigenvalue weighted by atomic mass is 16.3. The third kappa shape index (κ3) is 5.50. The van der Waals surface area contributed by atoms with Crippen molar-refractivity contribution in [2.45, 2.75) is 59.0 Å². The first-order valence-corrected chi connectivity index (χ1v) is 7.07. The minimum Gasteiger partial charge on any atom is -0.389 e. The summed E-state index contributed by atoms with van der Waals surface area (Å²) in [5, 5.41) is 9.96. The van der Waals surface area contributed by atoms with Crippen molar-refractivity contribution in [2.75, 3.05) is 0 Å². The predicted octanol–water partition coefficient (Wildman–Crippen LogP) is 4.73. The van der Waals surface area contributed by atoms with Gasteiger partial charge in [-0.25, -0.2) is 0 Å². The number of aliphatic hydroxyl groups excluding tert-OH is 1. The second kappa shape index (κ2) is 8.10. The van der Waals surface area contributed by atoms with E-state index in [2.05, 4.69) is 45.0 Å². The van der Waals surface area contributed by atoms with Crippen LogP contribution in [-0.2, 0) is 0 Å². The number of hydrogen-bond donors (Lipinski definition) is 1. The van der Waals surface area contributed by atoms with E-state index in [1.165, 1.54) is 30.4 Å². The van der Waals surface area contributed by atoms with Gasteiger partial charge in [0.25, 0.3) is 0 Å². The number of unbranched alkanes of at least 4 members (excludes halogenated alkanes) is 3. The van der Waals surface area contributed by atoms with Crippen LogP contribution in [0.5, 0.6) is 0 Å². The Balaban J connectivity index is 2.46. The Kier molecular flexibility index (Phi) is 6.74. The molecule has 1 aromatic carbocycles. The minimum absolute atomic E-state index is 0.303. The second-order valence-electron chi connectivity index (χ2n) is 5.13. The predicted molar refractivity (Wildman–Crippen MR) is 79.6 cm³/mol. The summed E-state index contributed by atoms with van der Waals surface area (Å²) in [6.07, 6.45) is 7.42. The number of aliphatic hydroxyl groups is 1. The lowest BCUT2D eigenvalue weighted by molar-refractivity contribution is 0.208. The van der Waals surface area contributed by atoms with Crippen LogP contribution in [0.3, 0.4) is 0 Å². The molecule has 0 aliphatic heterocycles. The van der Waals surface area contributed by atoms with E-state index in [4.69, 9.17) is 0 Å². The van der Waals surface area contributed by atoms with E-state index in [1.807, 2.05) is 6.08 Å². The molecular weight excluding hydrogens is 220 g/mol. The molecule has 1 nitrogen and oxygen atoms in total. The molecule has 1 N–H and O–H groups in total. The van der Waals surface area contributed by atoms with Gasteiger partial charge in [0.2, 0.25) is 0 Å². The standard InChI is InChI=1S/C17H26O/c1-4-5-6-7-8-17(18)13-15(3)16-11-9-14(2)10-12-16/h9-13,17-18H,4-8H2,1-3H3/b15-13+/t17-/m0/s1. The van der Waals surface area contributed by atoms with Gasteiger partial charge in [0.05, 0.1) is 6.10 Å². The Hall–Kier alpha value is -1.08. The maximum Gasteiger partial charge on any atom is 0.0726 e. The molecule has 0 fully saturated rings. The van der Waals surface area contributed by atoms with E-state index in [0.29, 0.717) is 0 Å². The number of hydrogen-bond acceptors (Lipinski definition) is 1. The van der Waals surface area contributed by atoms with E-state index in [0.717, 1.165) is 18.4 Å². The molecule has 0 radical (unpaired) electrons. The molecule has 0 saturated heterocycles. The Labute approximate surface area is 112 Å². The van der Waals surface area contributed by atoms with Gasteiger partial charge in [0.15, 0.2) is 0 Å². The molecule has 0 heterocycles. The topological polar surface area (TPSA) is 20.2 Å². The van der Waals surface area contributed by atoms with Crippen LogP contribution in [0.1, 0.15) is 57.1 Å². The Bertz CT molecular complexity index is 362. The number of benzene rings is 1. The molecule has 1 atom stereocenters. The number of rotatable bonds is 7. The van der Waals surface area contributed by atoms with Gasteiger partial charge < -0.3 is 5.11 Å². The molecule has 0 bridgehead atoms. The van der Waals surface area contributed by atoms with Crippen molar-refractivity contribution in [1.29, 1.82) is 0 Å². The number of aryl methyl sites for hydroxylation is 1. The molecule has 0 aliphatic carbocycles. The van der Waals surface area contributed by atoms with Gasteiger partial charge in [-0.1, -0.05) is 68.5 Å². The lowest BCUT2D eigenvalue weighted by atomic mass is 10.0. The van der Waals surface area contributed by atoms with E-state index in [9.17, 15) is 5.11 Å². The van der Waals surface area contributed by atoms with Gasteiger partial charge in [0, 0.05) is 0 Å². The van der Waals surface area contributed by atoms with Crippen molar-refractivity contribution in [3.05, 3.63) is 41.5 Å². The first-order chi connectivity index (χ1) is 8.63. The summed E-state index contributed by atoms with van der Waals surface area (Å²) in [6, 6.07) is 8.45. The summed E-state index contributed by atoms with van der Waals surface area (Å²) in [7, 11) is 0. The molecule has 100 valence electrons. The monoisotopic (exact) mass is 246 g/mol. The van der Waals surface area contributed by atoms with E-state index in [1.54, 1.807) is 0 Å². The summed E-state index contributed by atoms with van der Waals surface area (Å²) < 4.78 is 0. The van der Waals surface area contributed by atoms with Gasteiger partial charge in [-0.3, -0.25) is 0 Å². The first-order valence-electron chi connectivity index (χ1n) is 7.07. The van der Waals surface area contributed by atoms with Crippen LogP contribution < -0.4 is 0 Å². The average molecular weight is 246 g/mol. The molecule has 0 aliphatic rings. The molecule has 1 aromatic rings. The lowest BCUT2D eigenvalue weighted by Gasteiger charge is -2.08. The molecule has 1 heteroatoms. The van der Waals surface area contributed by atoms with Crippen molar-refractivity contribution >= 4 is 5.57 Å². The van der Waals surface area contributed by atoms with Crippen LogP contribution in [0, 0.1) is 6.92 Å². The van der Waals surface area contributed by atoms with Crippen molar-refractivity contribution in [3.63, 3.8) is 0 Å². The van der Waals surface area contributed by atoms with E-state index in [-0.39, 0.29) is 6.10 Å².